The molecule has 1 heterocycles. The predicted octanol–water partition coefficient (Wildman–Crippen LogP) is -0.146. The lowest BCUT2D eigenvalue weighted by Crippen LogP contribution is -2.22. The number of hydrogen-bond donors (Lipinski definition) is 3. The average Bonchev–Trinajstić information content (AvgIpc) is 2.12. The summed E-state index contributed by atoms with van der Waals surface area (Å²) in [4.78, 5) is 18.7. The number of rotatable bonds is 4. The fraction of sp³-hybridized carbons (Fsp3) is 0.375. The Bertz CT molecular complexity index is 350. The van der Waals surface area contributed by atoms with Crippen molar-refractivity contribution in [3.05, 3.63) is 6.07 Å². The molecule has 7 heteroatoms. The Hall–Kier alpha value is -1.50. The zero-order chi connectivity index (χ0) is 11.4. The molecule has 0 radical (unpaired) electrons. The van der Waals surface area contributed by atoms with Gasteiger partial charge in [0, 0.05) is 17.7 Å². The van der Waals surface area contributed by atoms with Crippen LogP contribution in [0.3, 0.4) is 0 Å². The summed E-state index contributed by atoms with van der Waals surface area (Å²) < 4.78 is 0. The second kappa shape index (κ2) is 4.83. The number of primary amides is 1. The molecule has 1 aromatic heterocycles. The number of carbonyl (C=O) groups is 1. The van der Waals surface area contributed by atoms with Gasteiger partial charge in [0.15, 0.2) is 5.16 Å². The number of carbonyl (C=O) groups excluding carboxylic acids is 1. The summed E-state index contributed by atoms with van der Waals surface area (Å²) in [6.07, 6.45) is 0. The molecule has 1 aromatic rings. The van der Waals surface area contributed by atoms with Gasteiger partial charge in [-0.05, 0) is 0 Å². The molecule has 0 aliphatic carbocycles. The SMILES string of the molecule is CC(CSc1nc(N)cc(N)n1)C(N)=O. The summed E-state index contributed by atoms with van der Waals surface area (Å²) in [5, 5.41) is 0.459. The number of nitrogen functional groups attached to an aromatic ring is 2. The summed E-state index contributed by atoms with van der Waals surface area (Å²) in [5.74, 6) is 0.562. The molecule has 0 saturated carbocycles. The van der Waals surface area contributed by atoms with Gasteiger partial charge in [-0.2, -0.15) is 0 Å². The van der Waals surface area contributed by atoms with Crippen LogP contribution in [-0.4, -0.2) is 21.6 Å². The lowest BCUT2D eigenvalue weighted by molar-refractivity contribution is -0.120. The molecule has 6 nitrogen and oxygen atoms in total. The number of aromatic nitrogens is 2. The van der Waals surface area contributed by atoms with Gasteiger partial charge in [-0.25, -0.2) is 9.97 Å². The Morgan fingerprint density at radius 1 is 1.47 bits per heavy atom. The third kappa shape index (κ3) is 3.62. The van der Waals surface area contributed by atoms with E-state index in [4.69, 9.17) is 17.2 Å². The molecule has 0 saturated heterocycles. The van der Waals surface area contributed by atoms with E-state index in [2.05, 4.69) is 9.97 Å². The van der Waals surface area contributed by atoms with Gasteiger partial charge in [-0.15, -0.1) is 0 Å². The van der Waals surface area contributed by atoms with Gasteiger partial charge in [0.25, 0.3) is 0 Å². The second-order valence-electron chi connectivity index (χ2n) is 3.11. The Morgan fingerprint density at radius 2 is 2.00 bits per heavy atom. The maximum Gasteiger partial charge on any atom is 0.221 e. The molecular weight excluding hydrogens is 214 g/mol. The summed E-state index contributed by atoms with van der Waals surface area (Å²) in [6, 6.07) is 1.47. The molecule has 0 aromatic carbocycles. The van der Waals surface area contributed by atoms with Gasteiger partial charge >= 0.3 is 0 Å². The van der Waals surface area contributed by atoms with Crippen molar-refractivity contribution in [1.29, 1.82) is 0 Å². The Morgan fingerprint density at radius 3 is 2.47 bits per heavy atom. The number of thioether (sulfide) groups is 1. The van der Waals surface area contributed by atoms with Crippen molar-refractivity contribution in [3.8, 4) is 0 Å². The van der Waals surface area contributed by atoms with Crippen molar-refractivity contribution < 1.29 is 4.79 Å². The number of nitrogens with two attached hydrogens (primary N) is 3. The first-order valence-corrected chi connectivity index (χ1v) is 5.29. The summed E-state index contributed by atoms with van der Waals surface area (Å²) in [6.45, 7) is 1.74. The molecule has 1 atom stereocenters. The minimum atomic E-state index is -0.348. The highest BCUT2D eigenvalue weighted by atomic mass is 32.2. The lowest BCUT2D eigenvalue weighted by atomic mass is 10.2. The van der Waals surface area contributed by atoms with Crippen LogP contribution < -0.4 is 17.2 Å². The quantitative estimate of drug-likeness (QED) is 0.486. The fourth-order valence-electron chi connectivity index (χ4n) is 0.808. The van der Waals surface area contributed by atoms with Crippen LogP contribution in [0.15, 0.2) is 11.2 Å². The molecule has 0 fully saturated rings. The van der Waals surface area contributed by atoms with Gasteiger partial charge in [0.1, 0.15) is 11.6 Å². The van der Waals surface area contributed by atoms with Crippen LogP contribution in [0.25, 0.3) is 0 Å². The predicted molar refractivity (Wildman–Crippen MR) is 59.9 cm³/mol. The summed E-state index contributed by atoms with van der Waals surface area (Å²) >= 11 is 1.30. The minimum absolute atomic E-state index is 0.235. The van der Waals surface area contributed by atoms with E-state index in [1.54, 1.807) is 6.92 Å². The van der Waals surface area contributed by atoms with Gasteiger partial charge in [0.05, 0.1) is 0 Å². The van der Waals surface area contributed by atoms with Crippen LogP contribution in [0.2, 0.25) is 0 Å². The van der Waals surface area contributed by atoms with E-state index in [1.165, 1.54) is 17.8 Å². The maximum absolute atomic E-state index is 10.8. The topological polar surface area (TPSA) is 121 Å². The molecule has 0 spiro atoms. The summed E-state index contributed by atoms with van der Waals surface area (Å²) in [5.41, 5.74) is 16.1. The standard InChI is InChI=1S/C8H13N5OS/c1-4(7(11)14)3-15-8-12-5(9)2-6(10)13-8/h2,4H,3H2,1H3,(H2,11,14)(H4,9,10,12,13). The highest BCUT2D eigenvalue weighted by Crippen LogP contribution is 2.18. The van der Waals surface area contributed by atoms with E-state index in [1.807, 2.05) is 0 Å². The molecular formula is C8H13N5OS. The smallest absolute Gasteiger partial charge is 0.221 e. The first-order valence-electron chi connectivity index (χ1n) is 4.31. The molecule has 15 heavy (non-hydrogen) atoms. The molecule has 6 N–H and O–H groups in total. The number of amides is 1. The van der Waals surface area contributed by atoms with E-state index in [0.717, 1.165) is 0 Å². The average molecular weight is 227 g/mol. The van der Waals surface area contributed by atoms with Crippen molar-refractivity contribution >= 4 is 29.3 Å². The van der Waals surface area contributed by atoms with E-state index >= 15 is 0 Å². The van der Waals surface area contributed by atoms with Crippen molar-refractivity contribution in [3.63, 3.8) is 0 Å². The second-order valence-corrected chi connectivity index (χ2v) is 4.10. The first kappa shape index (κ1) is 11.6. The van der Waals surface area contributed by atoms with E-state index in [0.29, 0.717) is 22.5 Å². The Kier molecular flexibility index (Phi) is 3.73. The van der Waals surface area contributed by atoms with E-state index in [-0.39, 0.29) is 11.8 Å². The molecule has 0 bridgehead atoms. The van der Waals surface area contributed by atoms with Gasteiger partial charge in [-0.3, -0.25) is 4.79 Å². The molecule has 1 amide bonds. The van der Waals surface area contributed by atoms with Crippen molar-refractivity contribution in [2.75, 3.05) is 17.2 Å². The fourth-order valence-corrected chi connectivity index (χ4v) is 1.71. The largest absolute Gasteiger partial charge is 0.383 e. The van der Waals surface area contributed by atoms with E-state index < -0.39 is 0 Å². The normalized spacial score (nSPS) is 12.3. The number of anilines is 2. The van der Waals surface area contributed by atoms with Crippen LogP contribution in [0, 0.1) is 5.92 Å². The maximum atomic E-state index is 10.8. The third-order valence-electron chi connectivity index (χ3n) is 1.69. The van der Waals surface area contributed by atoms with Gasteiger partial charge in [0.2, 0.25) is 5.91 Å². The highest BCUT2D eigenvalue weighted by molar-refractivity contribution is 7.99. The number of hydrogen-bond acceptors (Lipinski definition) is 6. The van der Waals surface area contributed by atoms with Gasteiger partial charge < -0.3 is 17.2 Å². The van der Waals surface area contributed by atoms with Gasteiger partial charge in [-0.1, -0.05) is 18.7 Å². The minimum Gasteiger partial charge on any atom is -0.383 e. The van der Waals surface area contributed by atoms with Crippen LogP contribution in [-0.2, 0) is 4.79 Å². The Labute approximate surface area is 91.6 Å². The van der Waals surface area contributed by atoms with Crippen molar-refractivity contribution in [1.82, 2.24) is 9.97 Å². The molecule has 0 aliphatic heterocycles. The monoisotopic (exact) mass is 227 g/mol. The first-order chi connectivity index (χ1) is 6.99. The van der Waals surface area contributed by atoms with Crippen LogP contribution in [0.1, 0.15) is 6.92 Å². The number of nitrogens with zero attached hydrogens (tertiary/aromatic N) is 2. The van der Waals surface area contributed by atoms with Crippen LogP contribution in [0.5, 0.6) is 0 Å². The third-order valence-corrected chi connectivity index (χ3v) is 2.80. The molecule has 82 valence electrons. The van der Waals surface area contributed by atoms with Crippen molar-refractivity contribution in [2.24, 2.45) is 11.7 Å². The molecule has 0 aliphatic rings. The molecule has 1 unspecified atom stereocenters. The summed E-state index contributed by atoms with van der Waals surface area (Å²) in [7, 11) is 0. The zero-order valence-electron chi connectivity index (χ0n) is 8.30. The van der Waals surface area contributed by atoms with Crippen molar-refractivity contribution in [2.45, 2.75) is 12.1 Å². The zero-order valence-corrected chi connectivity index (χ0v) is 9.12. The van der Waals surface area contributed by atoms with E-state index in [9.17, 15) is 4.79 Å². The van der Waals surface area contributed by atoms with Crippen LogP contribution in [0.4, 0.5) is 11.6 Å². The lowest BCUT2D eigenvalue weighted by Gasteiger charge is -2.06. The van der Waals surface area contributed by atoms with Crippen LogP contribution >= 0.6 is 11.8 Å². The highest BCUT2D eigenvalue weighted by Gasteiger charge is 2.10. The Balaban J connectivity index is 2.61. The molecule has 1 rings (SSSR count).